The fourth-order valence-electron chi connectivity index (χ4n) is 3.79. The molecule has 4 unspecified atom stereocenters. The summed E-state index contributed by atoms with van der Waals surface area (Å²) in [5, 5.41) is 47.1. The van der Waals surface area contributed by atoms with E-state index in [1.807, 2.05) is 55.4 Å². The third kappa shape index (κ3) is 8.25. The first-order chi connectivity index (χ1) is 13.0. The standard InChI is InChI=1S/C20H42N2O4.C2H6/c1-13-15(7-21-9-19(3,4)11-23)18(26)14(2)16(17(13)25)8-22-10-20(5,6)12-24;1-2/h13-18,21-26H,7-12H2,1-6H3;1-2H3/t13?,14?,15?,16?,17-,18-;/m0./s1. The van der Waals surface area contributed by atoms with Gasteiger partial charge in [-0.3, -0.25) is 0 Å². The maximum absolute atomic E-state index is 10.8. The Kier molecular flexibility index (Phi) is 12.3. The van der Waals surface area contributed by atoms with Gasteiger partial charge in [-0.25, -0.2) is 0 Å². The lowest BCUT2D eigenvalue weighted by Gasteiger charge is -2.47. The normalized spacial score (nSPS) is 31.3. The Labute approximate surface area is 173 Å². The smallest absolute Gasteiger partial charge is 0.0613 e. The molecule has 0 bridgehead atoms. The van der Waals surface area contributed by atoms with Crippen molar-refractivity contribution in [3.8, 4) is 0 Å². The second kappa shape index (κ2) is 12.5. The first kappa shape index (κ1) is 27.8. The number of nitrogens with one attached hydrogen (secondary N) is 2. The van der Waals surface area contributed by atoms with Crippen LogP contribution >= 0.6 is 0 Å². The van der Waals surface area contributed by atoms with Gasteiger partial charge in [0.1, 0.15) is 0 Å². The zero-order chi connectivity index (χ0) is 22.1. The lowest BCUT2D eigenvalue weighted by Crippen LogP contribution is -2.56. The molecule has 28 heavy (non-hydrogen) atoms. The molecule has 0 spiro atoms. The van der Waals surface area contributed by atoms with Crippen LogP contribution in [-0.2, 0) is 0 Å². The molecule has 6 N–H and O–H groups in total. The summed E-state index contributed by atoms with van der Waals surface area (Å²) < 4.78 is 0. The first-order valence-electron chi connectivity index (χ1n) is 10.9. The summed E-state index contributed by atoms with van der Waals surface area (Å²) in [5.41, 5.74) is -0.391. The van der Waals surface area contributed by atoms with Crippen LogP contribution in [0.3, 0.4) is 0 Å². The van der Waals surface area contributed by atoms with Gasteiger partial charge < -0.3 is 31.1 Å². The van der Waals surface area contributed by atoms with E-state index in [4.69, 9.17) is 0 Å². The van der Waals surface area contributed by atoms with Crippen molar-refractivity contribution < 1.29 is 20.4 Å². The number of hydrogen-bond donors (Lipinski definition) is 6. The predicted molar refractivity (Wildman–Crippen MR) is 116 cm³/mol. The summed E-state index contributed by atoms with van der Waals surface area (Å²) in [6.45, 7) is 18.8. The van der Waals surface area contributed by atoms with Gasteiger partial charge in [0.2, 0.25) is 0 Å². The zero-order valence-electron chi connectivity index (χ0n) is 19.5. The van der Waals surface area contributed by atoms with Crippen LogP contribution in [0.5, 0.6) is 0 Å². The van der Waals surface area contributed by atoms with Gasteiger partial charge in [0.15, 0.2) is 0 Å². The average molecular weight is 405 g/mol. The molecule has 1 rings (SSSR count). The lowest BCUT2D eigenvalue weighted by atomic mass is 9.65. The van der Waals surface area contributed by atoms with Crippen LogP contribution in [0.4, 0.5) is 0 Å². The van der Waals surface area contributed by atoms with Crippen molar-refractivity contribution in [3.63, 3.8) is 0 Å². The lowest BCUT2D eigenvalue weighted by molar-refractivity contribution is -0.107. The molecular formula is C22H48N2O4. The van der Waals surface area contributed by atoms with Crippen molar-refractivity contribution in [1.29, 1.82) is 0 Å². The summed E-state index contributed by atoms with van der Waals surface area (Å²) in [4.78, 5) is 0. The van der Waals surface area contributed by atoms with Gasteiger partial charge in [0.05, 0.1) is 12.2 Å². The molecule has 1 aliphatic carbocycles. The minimum absolute atomic E-state index is 0.0106. The largest absolute Gasteiger partial charge is 0.396 e. The number of rotatable bonds is 10. The highest BCUT2D eigenvalue weighted by Crippen LogP contribution is 2.38. The molecule has 0 radical (unpaired) electrons. The van der Waals surface area contributed by atoms with Crippen molar-refractivity contribution in [1.82, 2.24) is 10.6 Å². The second-order valence-corrected chi connectivity index (χ2v) is 9.93. The van der Waals surface area contributed by atoms with E-state index in [0.717, 1.165) is 0 Å². The summed E-state index contributed by atoms with van der Waals surface area (Å²) in [6.07, 6.45) is -0.952. The van der Waals surface area contributed by atoms with Gasteiger partial charge in [-0.1, -0.05) is 55.4 Å². The van der Waals surface area contributed by atoms with Crippen LogP contribution in [0.2, 0.25) is 0 Å². The van der Waals surface area contributed by atoms with Gasteiger partial charge in [0.25, 0.3) is 0 Å². The highest BCUT2D eigenvalue weighted by molar-refractivity contribution is 4.96. The predicted octanol–water partition coefficient (Wildman–Crippen LogP) is 1.47. The molecule has 0 heterocycles. The summed E-state index contributed by atoms with van der Waals surface area (Å²) >= 11 is 0. The average Bonchev–Trinajstić information content (AvgIpc) is 2.67. The molecule has 0 saturated heterocycles. The Hall–Kier alpha value is -0.240. The van der Waals surface area contributed by atoms with E-state index in [0.29, 0.717) is 26.2 Å². The molecule has 170 valence electrons. The van der Waals surface area contributed by atoms with Crippen LogP contribution in [0.1, 0.15) is 55.4 Å². The van der Waals surface area contributed by atoms with E-state index in [-0.39, 0.29) is 47.7 Å². The van der Waals surface area contributed by atoms with E-state index in [2.05, 4.69) is 10.6 Å². The van der Waals surface area contributed by atoms with Crippen LogP contribution in [0, 0.1) is 34.5 Å². The summed E-state index contributed by atoms with van der Waals surface area (Å²) in [7, 11) is 0. The molecule has 0 amide bonds. The maximum Gasteiger partial charge on any atom is 0.0613 e. The third-order valence-corrected chi connectivity index (χ3v) is 6.13. The molecule has 6 atom stereocenters. The van der Waals surface area contributed by atoms with E-state index >= 15 is 0 Å². The maximum atomic E-state index is 10.8. The Balaban J connectivity index is 0.00000352. The van der Waals surface area contributed by atoms with Gasteiger partial charge in [-0.05, 0) is 11.8 Å². The Morgan fingerprint density at radius 3 is 1.21 bits per heavy atom. The van der Waals surface area contributed by atoms with Crippen LogP contribution in [0.15, 0.2) is 0 Å². The van der Waals surface area contributed by atoms with Crippen LogP contribution in [-0.4, -0.2) is 72.0 Å². The minimum atomic E-state index is -0.476. The number of hydrogen-bond acceptors (Lipinski definition) is 6. The number of aliphatic hydroxyl groups is 4. The van der Waals surface area contributed by atoms with Crippen molar-refractivity contribution in [3.05, 3.63) is 0 Å². The van der Waals surface area contributed by atoms with Crippen LogP contribution < -0.4 is 10.6 Å². The first-order valence-corrected chi connectivity index (χ1v) is 10.9. The van der Waals surface area contributed by atoms with E-state index in [1.54, 1.807) is 0 Å². The number of aliphatic hydroxyl groups excluding tert-OH is 4. The molecule has 1 aliphatic rings. The minimum Gasteiger partial charge on any atom is -0.396 e. The Morgan fingerprint density at radius 2 is 0.964 bits per heavy atom. The van der Waals surface area contributed by atoms with E-state index in [9.17, 15) is 20.4 Å². The van der Waals surface area contributed by atoms with Gasteiger partial charge in [-0.15, -0.1) is 0 Å². The van der Waals surface area contributed by atoms with Crippen molar-refractivity contribution in [2.75, 3.05) is 39.4 Å². The van der Waals surface area contributed by atoms with Crippen LogP contribution in [0.25, 0.3) is 0 Å². The monoisotopic (exact) mass is 404 g/mol. The Bertz CT molecular complexity index is 363. The molecule has 0 aromatic carbocycles. The van der Waals surface area contributed by atoms with E-state index in [1.165, 1.54) is 0 Å². The fourth-order valence-corrected chi connectivity index (χ4v) is 3.79. The molecule has 1 saturated carbocycles. The molecule has 0 aliphatic heterocycles. The highest BCUT2D eigenvalue weighted by atomic mass is 16.3. The fraction of sp³-hybridized carbons (Fsp3) is 1.00. The van der Waals surface area contributed by atoms with E-state index < -0.39 is 12.2 Å². The van der Waals surface area contributed by atoms with Crippen molar-refractivity contribution in [2.24, 2.45) is 34.5 Å². The zero-order valence-corrected chi connectivity index (χ0v) is 19.5. The Morgan fingerprint density at radius 1 is 0.679 bits per heavy atom. The SMILES string of the molecule is CC.CC1C(CNCC(C)(C)CO)[C@@H](O)C(C)C(CNCC(C)(C)CO)[C@H]1O. The topological polar surface area (TPSA) is 105 Å². The quantitative estimate of drug-likeness (QED) is 0.329. The third-order valence-electron chi connectivity index (χ3n) is 6.13. The van der Waals surface area contributed by atoms with Gasteiger partial charge in [0, 0.05) is 62.1 Å². The van der Waals surface area contributed by atoms with Gasteiger partial charge in [-0.2, -0.15) is 0 Å². The van der Waals surface area contributed by atoms with Gasteiger partial charge >= 0.3 is 0 Å². The van der Waals surface area contributed by atoms with Crippen molar-refractivity contribution >= 4 is 0 Å². The summed E-state index contributed by atoms with van der Waals surface area (Å²) in [6, 6.07) is 0. The molecule has 0 aromatic heterocycles. The highest BCUT2D eigenvalue weighted by Gasteiger charge is 2.45. The molecule has 6 heteroatoms. The molecule has 1 fully saturated rings. The van der Waals surface area contributed by atoms with Crippen molar-refractivity contribution in [2.45, 2.75) is 67.6 Å². The molecular weight excluding hydrogens is 356 g/mol. The molecule has 0 aromatic rings. The summed E-state index contributed by atoms with van der Waals surface area (Å²) in [5.74, 6) is -0.0496. The second-order valence-electron chi connectivity index (χ2n) is 9.93. The molecule has 6 nitrogen and oxygen atoms in total.